The molecule has 0 aliphatic carbocycles. The van der Waals surface area contributed by atoms with E-state index in [4.69, 9.17) is 16.9 Å². The summed E-state index contributed by atoms with van der Waals surface area (Å²) in [5, 5.41) is 8.61. The van der Waals surface area contributed by atoms with Crippen molar-refractivity contribution in [3.63, 3.8) is 0 Å². The van der Waals surface area contributed by atoms with Crippen molar-refractivity contribution in [2.75, 3.05) is 0 Å². The van der Waals surface area contributed by atoms with E-state index in [-0.39, 0.29) is 6.04 Å². The molecule has 13 heavy (non-hydrogen) atoms. The highest BCUT2D eigenvalue weighted by Gasteiger charge is 2.17. The molecule has 0 fully saturated rings. The van der Waals surface area contributed by atoms with Crippen molar-refractivity contribution in [1.29, 1.82) is 0 Å². The zero-order valence-electron chi connectivity index (χ0n) is 7.14. The molecule has 0 aliphatic heterocycles. The summed E-state index contributed by atoms with van der Waals surface area (Å²) in [5.74, 6) is 0. The van der Waals surface area contributed by atoms with E-state index >= 15 is 0 Å². The van der Waals surface area contributed by atoms with Gasteiger partial charge in [-0.2, -0.15) is 0 Å². The number of carboxylic acid groups (broad SMARTS) is 1. The topological polar surface area (TPSA) is 40.5 Å². The van der Waals surface area contributed by atoms with Gasteiger partial charge in [0.25, 0.3) is 0 Å². The molecule has 1 atom stereocenters. The molecule has 1 amide bonds. The van der Waals surface area contributed by atoms with Gasteiger partial charge in [0.1, 0.15) is 0 Å². The first-order valence-electron chi connectivity index (χ1n) is 3.86. The van der Waals surface area contributed by atoms with E-state index < -0.39 is 6.09 Å². The number of carbonyl (C=O) groups is 1. The van der Waals surface area contributed by atoms with Crippen LogP contribution in [0, 0.1) is 0 Å². The van der Waals surface area contributed by atoms with Crippen LogP contribution in [0.5, 0.6) is 0 Å². The van der Waals surface area contributed by atoms with Gasteiger partial charge in [-0.3, -0.25) is 0 Å². The summed E-state index contributed by atoms with van der Waals surface area (Å²) in [4.78, 5) is 10.5. The van der Waals surface area contributed by atoms with Gasteiger partial charge in [0.15, 0.2) is 0 Å². The van der Waals surface area contributed by atoms with Gasteiger partial charge < -0.3 is 5.11 Å². The minimum Gasteiger partial charge on any atom is -0.464 e. The Morgan fingerprint density at radius 3 is 2.46 bits per heavy atom. The molecular weight excluding hydrogens is 190 g/mol. The maximum atomic E-state index is 10.5. The number of rotatable bonds is 2. The van der Waals surface area contributed by atoms with Crippen molar-refractivity contribution in [1.82, 2.24) is 4.42 Å². The number of hydrogen-bond acceptors (Lipinski definition) is 1. The van der Waals surface area contributed by atoms with Crippen LogP contribution in [-0.4, -0.2) is 15.6 Å². The second kappa shape index (κ2) is 4.14. The number of halogens is 1. The fraction of sp³-hybridized carbons (Fsp3) is 0.222. The largest absolute Gasteiger partial charge is 0.464 e. The van der Waals surface area contributed by atoms with E-state index in [1.807, 2.05) is 30.3 Å². The lowest BCUT2D eigenvalue weighted by Crippen LogP contribution is -2.22. The highest BCUT2D eigenvalue weighted by Crippen LogP contribution is 2.21. The molecule has 0 spiro atoms. The normalized spacial score (nSPS) is 12.2. The van der Waals surface area contributed by atoms with Crippen LogP contribution in [0.25, 0.3) is 0 Å². The average molecular weight is 200 g/mol. The van der Waals surface area contributed by atoms with Crippen LogP contribution in [0.1, 0.15) is 18.5 Å². The maximum absolute atomic E-state index is 10.5. The molecule has 1 unspecified atom stereocenters. The van der Waals surface area contributed by atoms with Gasteiger partial charge >= 0.3 is 6.09 Å². The highest BCUT2D eigenvalue weighted by molar-refractivity contribution is 6.20. The van der Waals surface area contributed by atoms with Crippen LogP contribution in [0.3, 0.4) is 0 Å². The fourth-order valence-corrected chi connectivity index (χ4v) is 1.14. The molecular formula is C9H10ClNO2. The summed E-state index contributed by atoms with van der Waals surface area (Å²) in [6.45, 7) is 1.73. The summed E-state index contributed by atoms with van der Waals surface area (Å²) in [6.07, 6.45) is -1.14. The van der Waals surface area contributed by atoms with Gasteiger partial charge in [0.05, 0.1) is 6.04 Å². The first-order chi connectivity index (χ1) is 6.13. The third-order valence-electron chi connectivity index (χ3n) is 1.80. The first kappa shape index (κ1) is 9.86. The molecule has 1 N–H and O–H groups in total. The van der Waals surface area contributed by atoms with Crippen molar-refractivity contribution in [2.45, 2.75) is 13.0 Å². The highest BCUT2D eigenvalue weighted by atomic mass is 35.5. The van der Waals surface area contributed by atoms with Gasteiger partial charge in [-0.15, -0.1) is 0 Å². The number of amides is 1. The Labute approximate surface area is 81.7 Å². The third kappa shape index (κ3) is 2.36. The predicted molar refractivity (Wildman–Crippen MR) is 50.6 cm³/mol. The van der Waals surface area contributed by atoms with Crippen LogP contribution in [0.2, 0.25) is 0 Å². The van der Waals surface area contributed by atoms with Crippen molar-refractivity contribution in [3.8, 4) is 0 Å². The summed E-state index contributed by atoms with van der Waals surface area (Å²) in [5.41, 5.74) is 0.875. The Morgan fingerprint density at radius 2 is 2.00 bits per heavy atom. The standard InChI is InChI=1S/C9H10ClNO2/c1-7(11(10)9(12)13)8-5-3-2-4-6-8/h2-7H,1H3,(H,12,13). The molecule has 1 rings (SSSR count). The Hall–Kier alpha value is -1.22. The van der Waals surface area contributed by atoms with E-state index in [0.29, 0.717) is 0 Å². The lowest BCUT2D eigenvalue weighted by molar-refractivity contribution is 0.164. The molecule has 1 aromatic rings. The van der Waals surface area contributed by atoms with E-state index in [9.17, 15) is 4.79 Å². The van der Waals surface area contributed by atoms with Gasteiger partial charge in [0, 0.05) is 11.8 Å². The van der Waals surface area contributed by atoms with Gasteiger partial charge in [-0.05, 0) is 12.5 Å². The Kier molecular flexibility index (Phi) is 3.14. The monoisotopic (exact) mass is 199 g/mol. The second-order valence-corrected chi connectivity index (χ2v) is 3.04. The number of benzene rings is 1. The summed E-state index contributed by atoms with van der Waals surface area (Å²) >= 11 is 5.53. The zero-order valence-corrected chi connectivity index (χ0v) is 7.90. The van der Waals surface area contributed by atoms with E-state index in [1.165, 1.54) is 0 Å². The Bertz CT molecular complexity index is 289. The smallest absolute Gasteiger partial charge is 0.422 e. The lowest BCUT2D eigenvalue weighted by atomic mass is 10.1. The molecule has 0 saturated heterocycles. The molecule has 0 saturated carbocycles. The van der Waals surface area contributed by atoms with Crippen LogP contribution in [-0.2, 0) is 0 Å². The Balaban J connectivity index is 2.79. The molecule has 0 radical (unpaired) electrons. The van der Waals surface area contributed by atoms with E-state index in [1.54, 1.807) is 6.92 Å². The van der Waals surface area contributed by atoms with Crippen LogP contribution in [0.15, 0.2) is 30.3 Å². The molecule has 3 nitrogen and oxygen atoms in total. The number of nitrogens with zero attached hydrogens (tertiary/aromatic N) is 1. The van der Waals surface area contributed by atoms with Crippen molar-refractivity contribution < 1.29 is 9.90 Å². The minimum absolute atomic E-state index is 0.333. The molecule has 0 aromatic heterocycles. The average Bonchev–Trinajstić information content (AvgIpc) is 2.17. The number of hydrogen-bond donors (Lipinski definition) is 1. The summed E-state index contributed by atoms with van der Waals surface area (Å²) in [7, 11) is 0. The van der Waals surface area contributed by atoms with Gasteiger partial charge in [0.2, 0.25) is 0 Å². The van der Waals surface area contributed by atoms with E-state index in [0.717, 1.165) is 9.98 Å². The quantitative estimate of drug-likeness (QED) is 0.744. The lowest BCUT2D eigenvalue weighted by Gasteiger charge is -2.18. The zero-order chi connectivity index (χ0) is 9.84. The van der Waals surface area contributed by atoms with Crippen molar-refractivity contribution >= 4 is 17.9 Å². The van der Waals surface area contributed by atoms with Crippen LogP contribution in [0.4, 0.5) is 4.79 Å². The molecule has 4 heteroatoms. The molecule has 70 valence electrons. The molecule has 0 aliphatic rings. The van der Waals surface area contributed by atoms with E-state index in [2.05, 4.69) is 0 Å². The molecule has 0 heterocycles. The second-order valence-electron chi connectivity index (χ2n) is 2.68. The van der Waals surface area contributed by atoms with Crippen molar-refractivity contribution in [3.05, 3.63) is 35.9 Å². The molecule has 1 aromatic carbocycles. The minimum atomic E-state index is -1.14. The summed E-state index contributed by atoms with van der Waals surface area (Å²) < 4.78 is 0.759. The van der Waals surface area contributed by atoms with Crippen LogP contribution >= 0.6 is 11.8 Å². The van der Waals surface area contributed by atoms with Crippen molar-refractivity contribution in [2.24, 2.45) is 0 Å². The SMILES string of the molecule is CC(c1ccccc1)N(Cl)C(=O)O. The molecule has 0 bridgehead atoms. The summed E-state index contributed by atoms with van der Waals surface area (Å²) in [6, 6.07) is 8.90. The first-order valence-corrected chi connectivity index (χ1v) is 4.19. The predicted octanol–water partition coefficient (Wildman–Crippen LogP) is 2.88. The van der Waals surface area contributed by atoms with Crippen LogP contribution < -0.4 is 0 Å². The fourth-order valence-electron chi connectivity index (χ4n) is 1.03. The van der Waals surface area contributed by atoms with Gasteiger partial charge in [-0.1, -0.05) is 30.3 Å². The third-order valence-corrected chi connectivity index (χ3v) is 2.24. The van der Waals surface area contributed by atoms with Gasteiger partial charge in [-0.25, -0.2) is 9.21 Å². The Morgan fingerprint density at radius 1 is 1.46 bits per heavy atom. The maximum Gasteiger partial charge on any atom is 0.422 e.